The largest absolute Gasteiger partial charge is 0.466 e. The molecular weight excluding hydrogens is 699 g/mol. The molecule has 7 nitrogen and oxygen atoms in total. The number of ether oxygens (including phenoxy) is 3. The molecule has 0 spiro atoms. The highest BCUT2D eigenvalue weighted by Gasteiger charge is 2.51. The zero-order chi connectivity index (χ0) is 40.3. The molecule has 7 heteroatoms. The lowest BCUT2D eigenvalue weighted by Crippen LogP contribution is -2.48. The molecule has 4 fully saturated rings. The SMILES string of the molecule is CCCCCCC(CCCCCC)CCOC(=O)CCCCCCCC(CCCCCCCC(O)OCC12CC3CC(CC(C3)C1)C2)OC(=O)CCCN(C)C. The summed E-state index contributed by atoms with van der Waals surface area (Å²) in [5, 5.41) is 10.6. The molecule has 0 saturated heterocycles. The van der Waals surface area contributed by atoms with Crippen LogP contribution in [-0.4, -0.2) is 68.2 Å². The molecule has 0 aliphatic heterocycles. The maximum atomic E-state index is 12.7. The second-order valence-corrected chi connectivity index (χ2v) is 19.4. The first-order valence-corrected chi connectivity index (χ1v) is 24.5. The van der Waals surface area contributed by atoms with Gasteiger partial charge >= 0.3 is 11.9 Å². The molecule has 4 aliphatic carbocycles. The Hall–Kier alpha value is -1.18. The van der Waals surface area contributed by atoms with Gasteiger partial charge in [-0.15, -0.1) is 0 Å². The minimum Gasteiger partial charge on any atom is -0.466 e. The van der Waals surface area contributed by atoms with Crippen LogP contribution in [0.4, 0.5) is 0 Å². The van der Waals surface area contributed by atoms with Crippen LogP contribution < -0.4 is 0 Å². The van der Waals surface area contributed by atoms with E-state index in [-0.39, 0.29) is 18.0 Å². The molecule has 0 aromatic carbocycles. The van der Waals surface area contributed by atoms with Crippen molar-refractivity contribution in [3.8, 4) is 0 Å². The Kier molecular flexibility index (Phi) is 26.3. The van der Waals surface area contributed by atoms with Crippen LogP contribution in [0.15, 0.2) is 0 Å². The fraction of sp³-hybridized carbons (Fsp3) is 0.959. The summed E-state index contributed by atoms with van der Waals surface area (Å²) in [6, 6.07) is 0. The van der Waals surface area contributed by atoms with Crippen molar-refractivity contribution in [2.24, 2.45) is 29.1 Å². The first-order chi connectivity index (χ1) is 27.2. The van der Waals surface area contributed by atoms with Crippen molar-refractivity contribution in [2.75, 3.05) is 33.9 Å². The van der Waals surface area contributed by atoms with E-state index in [0.717, 1.165) is 127 Å². The first kappa shape index (κ1) is 49.2. The van der Waals surface area contributed by atoms with E-state index in [1.165, 1.54) is 103 Å². The molecule has 1 N–H and O–H groups in total. The van der Waals surface area contributed by atoms with Gasteiger partial charge in [-0.05, 0) is 146 Å². The van der Waals surface area contributed by atoms with Crippen LogP contribution in [0.3, 0.4) is 0 Å². The fourth-order valence-electron chi connectivity index (χ4n) is 10.8. The molecule has 0 amide bonds. The minimum atomic E-state index is -0.620. The van der Waals surface area contributed by atoms with Crippen LogP contribution in [0.5, 0.6) is 0 Å². The lowest BCUT2D eigenvalue weighted by Gasteiger charge is -2.56. The number of rotatable bonds is 37. The third-order valence-corrected chi connectivity index (χ3v) is 13.6. The van der Waals surface area contributed by atoms with Gasteiger partial charge in [-0.25, -0.2) is 0 Å². The van der Waals surface area contributed by atoms with Crippen LogP contribution in [0, 0.1) is 29.1 Å². The minimum absolute atomic E-state index is 0.00115. The Bertz CT molecular complexity index is 954. The summed E-state index contributed by atoms with van der Waals surface area (Å²) in [4.78, 5) is 27.2. The topological polar surface area (TPSA) is 85.3 Å². The summed E-state index contributed by atoms with van der Waals surface area (Å²) in [5.41, 5.74) is 0.363. The third-order valence-electron chi connectivity index (χ3n) is 13.6. The van der Waals surface area contributed by atoms with E-state index in [1.54, 1.807) is 0 Å². The number of carbonyl (C=O) groups excluding carboxylic acids is 2. The van der Waals surface area contributed by atoms with E-state index in [1.807, 2.05) is 14.1 Å². The number of hydrogen-bond donors (Lipinski definition) is 1. The van der Waals surface area contributed by atoms with Gasteiger partial charge in [0.1, 0.15) is 6.10 Å². The molecule has 0 heterocycles. The molecule has 0 aromatic rings. The summed E-state index contributed by atoms with van der Waals surface area (Å²) < 4.78 is 17.8. The highest BCUT2D eigenvalue weighted by atomic mass is 16.6. The molecule has 4 aliphatic rings. The number of aliphatic hydroxyl groups is 1. The maximum absolute atomic E-state index is 12.7. The zero-order valence-corrected chi connectivity index (χ0v) is 37.4. The predicted octanol–water partition coefficient (Wildman–Crippen LogP) is 12.7. The van der Waals surface area contributed by atoms with Gasteiger partial charge in [-0.3, -0.25) is 9.59 Å². The van der Waals surface area contributed by atoms with Gasteiger partial charge in [0.15, 0.2) is 6.29 Å². The summed E-state index contributed by atoms with van der Waals surface area (Å²) in [7, 11) is 4.08. The van der Waals surface area contributed by atoms with Gasteiger partial charge in [0.2, 0.25) is 0 Å². The third kappa shape index (κ3) is 22.3. The van der Waals surface area contributed by atoms with Crippen LogP contribution in [-0.2, 0) is 23.8 Å². The Labute approximate surface area is 345 Å². The Balaban J connectivity index is 1.22. The normalized spacial score (nSPS) is 22.6. The molecule has 328 valence electrons. The van der Waals surface area contributed by atoms with Gasteiger partial charge < -0.3 is 24.2 Å². The van der Waals surface area contributed by atoms with Gasteiger partial charge in [0, 0.05) is 12.8 Å². The van der Waals surface area contributed by atoms with E-state index in [2.05, 4.69) is 18.7 Å². The fourth-order valence-corrected chi connectivity index (χ4v) is 10.8. The second kappa shape index (κ2) is 29.9. The quantitative estimate of drug-likeness (QED) is 0.0381. The number of unbranched alkanes of at least 4 members (excludes halogenated alkanes) is 14. The van der Waals surface area contributed by atoms with E-state index < -0.39 is 6.29 Å². The number of aliphatic hydroxyl groups excluding tert-OH is 1. The van der Waals surface area contributed by atoms with Gasteiger partial charge in [0.05, 0.1) is 13.2 Å². The van der Waals surface area contributed by atoms with E-state index in [0.29, 0.717) is 30.8 Å². The molecule has 4 saturated carbocycles. The van der Waals surface area contributed by atoms with Crippen LogP contribution in [0.2, 0.25) is 0 Å². The molecule has 56 heavy (non-hydrogen) atoms. The Morgan fingerprint density at radius 1 is 0.607 bits per heavy atom. The predicted molar refractivity (Wildman–Crippen MR) is 231 cm³/mol. The Morgan fingerprint density at radius 2 is 1.09 bits per heavy atom. The number of carbonyl (C=O) groups is 2. The van der Waals surface area contributed by atoms with Crippen molar-refractivity contribution in [2.45, 2.75) is 238 Å². The summed E-state index contributed by atoms with van der Waals surface area (Å²) in [6.45, 7) is 6.78. The molecule has 4 rings (SSSR count). The van der Waals surface area contributed by atoms with Crippen molar-refractivity contribution in [1.82, 2.24) is 4.90 Å². The van der Waals surface area contributed by atoms with Gasteiger partial charge in [0.25, 0.3) is 0 Å². The average Bonchev–Trinajstić information content (AvgIpc) is 3.15. The van der Waals surface area contributed by atoms with E-state index in [4.69, 9.17) is 14.2 Å². The van der Waals surface area contributed by atoms with Crippen LogP contribution in [0.25, 0.3) is 0 Å². The molecular formula is C49H91NO6. The standard InChI is InChI=1S/C49H91NO6/c1-5-7-9-17-24-41(25-18-10-8-6-2)31-33-54-46(51)28-21-15-11-13-19-26-45(56-48(53)30-23-32-50(3)4)27-20-14-12-16-22-29-47(52)55-40-49-37-42-34-43(38-49)36-44(35-42)39-49/h41-45,47,52H,5-40H2,1-4H3. The maximum Gasteiger partial charge on any atom is 0.306 e. The smallest absolute Gasteiger partial charge is 0.306 e. The second-order valence-electron chi connectivity index (χ2n) is 19.4. The van der Waals surface area contributed by atoms with Crippen molar-refractivity contribution in [3.63, 3.8) is 0 Å². The van der Waals surface area contributed by atoms with Crippen LogP contribution >= 0.6 is 0 Å². The van der Waals surface area contributed by atoms with E-state index in [9.17, 15) is 14.7 Å². The lowest BCUT2D eigenvalue weighted by molar-refractivity contribution is -0.165. The van der Waals surface area contributed by atoms with Crippen molar-refractivity contribution in [3.05, 3.63) is 0 Å². The van der Waals surface area contributed by atoms with Crippen molar-refractivity contribution in [1.29, 1.82) is 0 Å². The molecule has 0 radical (unpaired) electrons. The monoisotopic (exact) mass is 790 g/mol. The molecule has 0 aromatic heterocycles. The average molecular weight is 790 g/mol. The van der Waals surface area contributed by atoms with Crippen LogP contribution in [0.1, 0.15) is 226 Å². The summed E-state index contributed by atoms with van der Waals surface area (Å²) in [5.74, 6) is 3.37. The van der Waals surface area contributed by atoms with Gasteiger partial charge in [-0.2, -0.15) is 0 Å². The number of nitrogens with zero attached hydrogens (tertiary/aromatic N) is 1. The lowest BCUT2D eigenvalue weighted by atomic mass is 9.50. The Morgan fingerprint density at radius 3 is 1.64 bits per heavy atom. The first-order valence-electron chi connectivity index (χ1n) is 24.5. The molecule has 2 atom stereocenters. The zero-order valence-electron chi connectivity index (χ0n) is 37.4. The van der Waals surface area contributed by atoms with Crippen molar-refractivity contribution < 1.29 is 28.9 Å². The van der Waals surface area contributed by atoms with Gasteiger partial charge in [-0.1, -0.05) is 117 Å². The number of hydrogen-bond acceptors (Lipinski definition) is 7. The molecule has 4 bridgehead atoms. The highest BCUT2D eigenvalue weighted by Crippen LogP contribution is 2.60. The number of esters is 2. The summed E-state index contributed by atoms with van der Waals surface area (Å²) in [6.07, 6.45) is 36.9. The molecule has 2 unspecified atom stereocenters. The van der Waals surface area contributed by atoms with Crippen molar-refractivity contribution >= 4 is 11.9 Å². The van der Waals surface area contributed by atoms with E-state index >= 15 is 0 Å². The summed E-state index contributed by atoms with van der Waals surface area (Å²) >= 11 is 0. The highest BCUT2D eigenvalue weighted by molar-refractivity contribution is 5.69.